The zero-order chi connectivity index (χ0) is 12.6. The van der Waals surface area contributed by atoms with Crippen LogP contribution in [0.4, 0.5) is 0 Å². The predicted molar refractivity (Wildman–Crippen MR) is 70.5 cm³/mol. The monoisotopic (exact) mass is 249 g/mol. The van der Waals surface area contributed by atoms with E-state index in [0.717, 1.165) is 52.1 Å². The van der Waals surface area contributed by atoms with Crippen LogP contribution < -0.4 is 5.32 Å². The zero-order valence-electron chi connectivity index (χ0n) is 11.5. The number of imidazole rings is 1. The number of nitrogens with one attached hydrogen (secondary N) is 1. The van der Waals surface area contributed by atoms with Gasteiger partial charge in [-0.05, 0) is 25.2 Å². The second kappa shape index (κ2) is 4.67. The second-order valence-electron chi connectivity index (χ2n) is 5.99. The highest BCUT2D eigenvalue weighted by Crippen LogP contribution is 2.33. The van der Waals surface area contributed by atoms with Crippen LogP contribution in [0.1, 0.15) is 37.0 Å². The van der Waals surface area contributed by atoms with Crippen LogP contribution in [-0.2, 0) is 24.2 Å². The minimum atomic E-state index is 0.377. The molecule has 1 aromatic heterocycles. The number of fused-ring (bicyclic) bond motifs is 1. The van der Waals surface area contributed by atoms with Crippen LogP contribution in [0.2, 0.25) is 0 Å². The third-order valence-electron chi connectivity index (χ3n) is 4.42. The number of hydrogen-bond donors (Lipinski definition) is 1. The fourth-order valence-corrected chi connectivity index (χ4v) is 3.12. The van der Waals surface area contributed by atoms with E-state index in [1.165, 1.54) is 17.2 Å². The first kappa shape index (κ1) is 12.2. The molecule has 4 heteroatoms. The molecule has 1 aromatic rings. The van der Waals surface area contributed by atoms with Crippen molar-refractivity contribution in [3.8, 4) is 0 Å². The van der Waals surface area contributed by atoms with Gasteiger partial charge in [-0.1, -0.05) is 6.92 Å². The maximum atomic E-state index is 5.49. The van der Waals surface area contributed by atoms with Crippen molar-refractivity contribution < 1.29 is 4.74 Å². The lowest BCUT2D eigenvalue weighted by atomic mass is 9.82. The second-order valence-corrected chi connectivity index (χ2v) is 5.99. The van der Waals surface area contributed by atoms with Crippen LogP contribution in [0.3, 0.4) is 0 Å². The molecule has 18 heavy (non-hydrogen) atoms. The normalized spacial score (nSPS) is 22.8. The van der Waals surface area contributed by atoms with Gasteiger partial charge in [0.15, 0.2) is 0 Å². The maximum Gasteiger partial charge on any atom is 0.106 e. The van der Waals surface area contributed by atoms with Crippen LogP contribution in [0.5, 0.6) is 0 Å². The average molecular weight is 249 g/mol. The molecule has 2 aliphatic rings. The molecule has 100 valence electrons. The van der Waals surface area contributed by atoms with Crippen LogP contribution in [0, 0.1) is 12.3 Å². The Balaban J connectivity index is 1.85. The molecule has 1 N–H and O–H groups in total. The van der Waals surface area contributed by atoms with Crippen LogP contribution in [0.25, 0.3) is 0 Å². The van der Waals surface area contributed by atoms with E-state index in [9.17, 15) is 0 Å². The summed E-state index contributed by atoms with van der Waals surface area (Å²) in [6.45, 7) is 9.47. The van der Waals surface area contributed by atoms with Gasteiger partial charge in [0.2, 0.25) is 0 Å². The van der Waals surface area contributed by atoms with E-state index >= 15 is 0 Å². The summed E-state index contributed by atoms with van der Waals surface area (Å²) >= 11 is 0. The molecule has 0 radical (unpaired) electrons. The summed E-state index contributed by atoms with van der Waals surface area (Å²) in [5, 5.41) is 3.40. The van der Waals surface area contributed by atoms with Gasteiger partial charge in [0.05, 0.1) is 5.69 Å². The van der Waals surface area contributed by atoms with Crippen molar-refractivity contribution in [2.45, 2.75) is 46.2 Å². The van der Waals surface area contributed by atoms with Gasteiger partial charge >= 0.3 is 0 Å². The number of rotatable bonds is 2. The Bertz CT molecular complexity index is 432. The fourth-order valence-electron chi connectivity index (χ4n) is 3.12. The Hall–Kier alpha value is -0.870. The third kappa shape index (κ3) is 2.19. The molecule has 1 saturated heterocycles. The summed E-state index contributed by atoms with van der Waals surface area (Å²) in [6, 6.07) is 0. The standard InChI is InChI=1S/C14H23N3O/c1-11-16-12-9-15-6-3-13(12)17(11)10-14(2)4-7-18-8-5-14/h15H,3-10H2,1-2H3. The number of ether oxygens (including phenoxy) is 1. The molecule has 0 aromatic carbocycles. The van der Waals surface area contributed by atoms with Crippen molar-refractivity contribution in [3.05, 3.63) is 17.2 Å². The van der Waals surface area contributed by atoms with Gasteiger partial charge in [-0.3, -0.25) is 0 Å². The topological polar surface area (TPSA) is 39.1 Å². The molecule has 0 bridgehead atoms. The van der Waals surface area contributed by atoms with Crippen molar-refractivity contribution in [1.29, 1.82) is 0 Å². The van der Waals surface area contributed by atoms with Gasteiger partial charge in [0.25, 0.3) is 0 Å². The van der Waals surface area contributed by atoms with Gasteiger partial charge in [0, 0.05) is 45.0 Å². The summed E-state index contributed by atoms with van der Waals surface area (Å²) in [6.07, 6.45) is 3.44. The largest absolute Gasteiger partial charge is 0.381 e. The lowest BCUT2D eigenvalue weighted by Gasteiger charge is -2.35. The summed E-state index contributed by atoms with van der Waals surface area (Å²) in [5.41, 5.74) is 3.09. The fraction of sp³-hybridized carbons (Fsp3) is 0.786. The van der Waals surface area contributed by atoms with E-state index in [1.54, 1.807) is 0 Å². The summed E-state index contributed by atoms with van der Waals surface area (Å²) in [5.74, 6) is 1.18. The Morgan fingerprint density at radius 2 is 2.17 bits per heavy atom. The van der Waals surface area contributed by atoms with Crippen molar-refractivity contribution in [1.82, 2.24) is 14.9 Å². The Labute approximate surface area is 109 Å². The smallest absolute Gasteiger partial charge is 0.106 e. The molecule has 0 spiro atoms. The molecular weight excluding hydrogens is 226 g/mol. The van der Waals surface area contributed by atoms with Gasteiger partial charge < -0.3 is 14.6 Å². The molecule has 0 amide bonds. The van der Waals surface area contributed by atoms with E-state index in [2.05, 4.69) is 23.7 Å². The predicted octanol–water partition coefficient (Wildman–Crippen LogP) is 1.65. The highest BCUT2D eigenvalue weighted by molar-refractivity contribution is 5.20. The van der Waals surface area contributed by atoms with Crippen molar-refractivity contribution in [3.63, 3.8) is 0 Å². The van der Waals surface area contributed by atoms with E-state index in [4.69, 9.17) is 9.72 Å². The molecule has 3 heterocycles. The third-order valence-corrected chi connectivity index (χ3v) is 4.42. The van der Waals surface area contributed by atoms with Crippen molar-refractivity contribution >= 4 is 0 Å². The number of aromatic nitrogens is 2. The summed E-state index contributed by atoms with van der Waals surface area (Å²) < 4.78 is 7.95. The highest BCUT2D eigenvalue weighted by atomic mass is 16.5. The molecule has 3 rings (SSSR count). The lowest BCUT2D eigenvalue weighted by molar-refractivity contribution is 0.0148. The van der Waals surface area contributed by atoms with Crippen LogP contribution in [-0.4, -0.2) is 29.3 Å². The van der Waals surface area contributed by atoms with Gasteiger partial charge in [0.1, 0.15) is 5.82 Å². The van der Waals surface area contributed by atoms with Crippen molar-refractivity contribution in [2.75, 3.05) is 19.8 Å². The number of hydrogen-bond acceptors (Lipinski definition) is 3. The Morgan fingerprint density at radius 3 is 2.94 bits per heavy atom. The minimum absolute atomic E-state index is 0.377. The SMILES string of the molecule is Cc1nc2c(n1CC1(C)CCOCC1)CCNC2. The molecule has 4 nitrogen and oxygen atoms in total. The average Bonchev–Trinajstić information content (AvgIpc) is 2.67. The number of nitrogens with zero attached hydrogens (tertiary/aromatic N) is 2. The van der Waals surface area contributed by atoms with Gasteiger partial charge in [-0.15, -0.1) is 0 Å². The van der Waals surface area contributed by atoms with Gasteiger partial charge in [-0.25, -0.2) is 4.98 Å². The highest BCUT2D eigenvalue weighted by Gasteiger charge is 2.30. The summed E-state index contributed by atoms with van der Waals surface area (Å²) in [4.78, 5) is 4.72. The quantitative estimate of drug-likeness (QED) is 0.866. The number of aryl methyl sites for hydroxylation is 1. The lowest BCUT2D eigenvalue weighted by Crippen LogP contribution is -2.33. The Morgan fingerprint density at radius 1 is 1.39 bits per heavy atom. The van der Waals surface area contributed by atoms with E-state index in [-0.39, 0.29) is 0 Å². The molecule has 1 fully saturated rings. The van der Waals surface area contributed by atoms with E-state index < -0.39 is 0 Å². The van der Waals surface area contributed by atoms with Crippen molar-refractivity contribution in [2.24, 2.45) is 5.41 Å². The molecule has 0 aliphatic carbocycles. The first-order valence-electron chi connectivity index (χ1n) is 7.01. The first-order chi connectivity index (χ1) is 8.68. The Kier molecular flexibility index (Phi) is 3.16. The summed E-state index contributed by atoms with van der Waals surface area (Å²) in [7, 11) is 0. The first-order valence-corrected chi connectivity index (χ1v) is 7.01. The van der Waals surface area contributed by atoms with Gasteiger partial charge in [-0.2, -0.15) is 0 Å². The maximum absolute atomic E-state index is 5.49. The molecule has 0 saturated carbocycles. The minimum Gasteiger partial charge on any atom is -0.381 e. The molecule has 2 aliphatic heterocycles. The van der Waals surface area contributed by atoms with Crippen LogP contribution >= 0.6 is 0 Å². The molecule has 0 atom stereocenters. The van der Waals surface area contributed by atoms with Crippen LogP contribution in [0.15, 0.2) is 0 Å². The van der Waals surface area contributed by atoms with E-state index in [0.29, 0.717) is 5.41 Å². The molecule has 0 unspecified atom stereocenters. The van der Waals surface area contributed by atoms with E-state index in [1.807, 2.05) is 0 Å². The molecular formula is C14H23N3O. The zero-order valence-corrected chi connectivity index (χ0v) is 11.5.